The number of ether oxygens (including phenoxy) is 1. The van der Waals surface area contributed by atoms with Crippen LogP contribution >= 0.6 is 0 Å². The molecule has 0 atom stereocenters. The molecule has 5 nitrogen and oxygen atoms in total. The van der Waals surface area contributed by atoms with Crippen LogP contribution < -0.4 is 5.32 Å². The molecule has 0 saturated carbocycles. The van der Waals surface area contributed by atoms with E-state index in [9.17, 15) is 9.59 Å². The number of alkyl carbamates (subject to hydrolysis) is 1. The monoisotopic (exact) mass is 274 g/mol. The third-order valence-corrected chi connectivity index (χ3v) is 2.06. The number of carbonyl (C=O) groups excluding carboxylic acids is 2. The van der Waals surface area contributed by atoms with Crippen molar-refractivity contribution >= 4 is 12.4 Å². The number of aromatic nitrogens is 1. The summed E-state index contributed by atoms with van der Waals surface area (Å²) in [5, 5.41) is 2.62. The number of amides is 1. The van der Waals surface area contributed by atoms with Crippen molar-refractivity contribution in [3.8, 4) is 11.8 Å². The van der Waals surface area contributed by atoms with Crippen LogP contribution in [0.5, 0.6) is 0 Å². The van der Waals surface area contributed by atoms with Gasteiger partial charge in [-0.25, -0.2) is 4.79 Å². The Morgan fingerprint density at radius 2 is 2.20 bits per heavy atom. The number of nitrogens with zero attached hydrogens (tertiary/aromatic N) is 1. The zero-order valence-electron chi connectivity index (χ0n) is 11.9. The predicted octanol–water partition coefficient (Wildman–Crippen LogP) is 2.16. The van der Waals surface area contributed by atoms with Gasteiger partial charge < -0.3 is 10.1 Å². The van der Waals surface area contributed by atoms with Gasteiger partial charge in [0.1, 0.15) is 11.3 Å². The molecule has 5 heteroatoms. The molecular formula is C15H18N2O3. The number of hydrogen-bond donors (Lipinski definition) is 1. The van der Waals surface area contributed by atoms with Gasteiger partial charge in [0.2, 0.25) is 0 Å². The SMILES string of the molecule is CC(C)(C)OC(=O)NCCC#Cc1ccc(C=O)nc1. The Balaban J connectivity index is 2.32. The van der Waals surface area contributed by atoms with Crippen molar-refractivity contribution in [2.24, 2.45) is 0 Å². The Morgan fingerprint density at radius 3 is 2.75 bits per heavy atom. The Morgan fingerprint density at radius 1 is 1.45 bits per heavy atom. The van der Waals surface area contributed by atoms with E-state index in [0.29, 0.717) is 24.9 Å². The molecule has 0 aliphatic rings. The topological polar surface area (TPSA) is 68.3 Å². The summed E-state index contributed by atoms with van der Waals surface area (Å²) in [5.41, 5.74) is 0.608. The third kappa shape index (κ3) is 6.55. The minimum Gasteiger partial charge on any atom is -0.444 e. The van der Waals surface area contributed by atoms with Crippen molar-refractivity contribution in [2.75, 3.05) is 6.54 Å². The maximum atomic E-state index is 11.3. The first-order valence-corrected chi connectivity index (χ1v) is 6.28. The summed E-state index contributed by atoms with van der Waals surface area (Å²) in [6.07, 6.45) is 2.28. The number of nitrogens with one attached hydrogen (secondary N) is 1. The summed E-state index contributed by atoms with van der Waals surface area (Å²) < 4.78 is 5.09. The van der Waals surface area contributed by atoms with Crippen LogP contribution in [0.3, 0.4) is 0 Å². The summed E-state index contributed by atoms with van der Waals surface area (Å²) in [4.78, 5) is 25.7. The minimum atomic E-state index is -0.498. The van der Waals surface area contributed by atoms with Crippen molar-refractivity contribution in [3.63, 3.8) is 0 Å². The van der Waals surface area contributed by atoms with E-state index in [0.717, 1.165) is 5.56 Å². The smallest absolute Gasteiger partial charge is 0.407 e. The minimum absolute atomic E-state index is 0.377. The number of hydrogen-bond acceptors (Lipinski definition) is 4. The maximum Gasteiger partial charge on any atom is 0.407 e. The van der Waals surface area contributed by atoms with Crippen LogP contribution in [0.15, 0.2) is 18.3 Å². The van der Waals surface area contributed by atoms with Crippen LogP contribution in [-0.4, -0.2) is 29.5 Å². The van der Waals surface area contributed by atoms with E-state index in [2.05, 4.69) is 22.1 Å². The van der Waals surface area contributed by atoms with E-state index in [1.807, 2.05) is 20.8 Å². The third-order valence-electron chi connectivity index (χ3n) is 2.06. The van der Waals surface area contributed by atoms with Gasteiger partial charge in [0.25, 0.3) is 0 Å². The van der Waals surface area contributed by atoms with Crippen molar-refractivity contribution < 1.29 is 14.3 Å². The lowest BCUT2D eigenvalue weighted by Gasteiger charge is -2.19. The van der Waals surface area contributed by atoms with Gasteiger partial charge in [0.05, 0.1) is 0 Å². The summed E-state index contributed by atoms with van der Waals surface area (Å²) in [5.74, 6) is 5.81. The largest absolute Gasteiger partial charge is 0.444 e. The first kappa shape index (κ1) is 15.7. The molecule has 0 aliphatic heterocycles. The number of pyridine rings is 1. The van der Waals surface area contributed by atoms with Crippen LogP contribution in [0.25, 0.3) is 0 Å². The molecule has 20 heavy (non-hydrogen) atoms. The normalized spacial score (nSPS) is 10.2. The fourth-order valence-electron chi connectivity index (χ4n) is 1.25. The highest BCUT2D eigenvalue weighted by molar-refractivity contribution is 5.71. The molecule has 1 amide bonds. The van der Waals surface area contributed by atoms with Crippen LogP contribution in [0.4, 0.5) is 4.79 Å². The molecule has 0 bridgehead atoms. The highest BCUT2D eigenvalue weighted by Crippen LogP contribution is 2.06. The fourth-order valence-corrected chi connectivity index (χ4v) is 1.25. The summed E-state index contributed by atoms with van der Waals surface area (Å²) in [7, 11) is 0. The lowest BCUT2D eigenvalue weighted by atomic mass is 10.2. The van der Waals surface area contributed by atoms with Crippen molar-refractivity contribution in [1.29, 1.82) is 0 Å². The van der Waals surface area contributed by atoms with Gasteiger partial charge in [0.15, 0.2) is 6.29 Å². The average molecular weight is 274 g/mol. The van der Waals surface area contributed by atoms with E-state index >= 15 is 0 Å². The summed E-state index contributed by atoms with van der Waals surface area (Å²) in [6, 6.07) is 3.33. The second-order valence-electron chi connectivity index (χ2n) is 5.07. The molecule has 1 heterocycles. The Labute approximate surface area is 118 Å². The van der Waals surface area contributed by atoms with E-state index in [1.54, 1.807) is 12.1 Å². The number of aldehydes is 1. The Hall–Kier alpha value is -2.35. The summed E-state index contributed by atoms with van der Waals surface area (Å²) >= 11 is 0. The molecule has 1 aromatic heterocycles. The number of rotatable bonds is 3. The van der Waals surface area contributed by atoms with Crippen molar-refractivity contribution in [2.45, 2.75) is 32.8 Å². The van der Waals surface area contributed by atoms with Crippen molar-refractivity contribution in [1.82, 2.24) is 10.3 Å². The highest BCUT2D eigenvalue weighted by Gasteiger charge is 2.15. The Kier molecular flexibility index (Phi) is 5.73. The van der Waals surface area contributed by atoms with Gasteiger partial charge >= 0.3 is 6.09 Å². The van der Waals surface area contributed by atoms with Gasteiger partial charge in [-0.15, -0.1) is 0 Å². The fraction of sp³-hybridized carbons (Fsp3) is 0.400. The first-order valence-electron chi connectivity index (χ1n) is 6.28. The lowest BCUT2D eigenvalue weighted by molar-refractivity contribution is 0.0529. The van der Waals surface area contributed by atoms with Gasteiger partial charge in [-0.3, -0.25) is 9.78 Å². The van der Waals surface area contributed by atoms with Crippen LogP contribution in [0, 0.1) is 11.8 Å². The van der Waals surface area contributed by atoms with Crippen LogP contribution in [0.1, 0.15) is 43.2 Å². The molecule has 1 N–H and O–H groups in total. The first-order chi connectivity index (χ1) is 9.40. The second kappa shape index (κ2) is 7.29. The molecule has 0 fully saturated rings. The molecule has 0 saturated heterocycles. The zero-order valence-corrected chi connectivity index (χ0v) is 11.9. The maximum absolute atomic E-state index is 11.3. The zero-order chi connectivity index (χ0) is 15.0. The lowest BCUT2D eigenvalue weighted by Crippen LogP contribution is -2.32. The molecular weight excluding hydrogens is 256 g/mol. The average Bonchev–Trinajstić information content (AvgIpc) is 2.37. The van der Waals surface area contributed by atoms with Crippen LogP contribution in [-0.2, 0) is 4.74 Å². The molecule has 1 rings (SSSR count). The molecule has 0 radical (unpaired) electrons. The molecule has 0 unspecified atom stereocenters. The standard InChI is InChI=1S/C15H18N2O3/c1-15(2,3)20-14(19)16-9-5-4-6-12-7-8-13(11-18)17-10-12/h7-8,10-11H,5,9H2,1-3H3,(H,16,19). The summed E-state index contributed by atoms with van der Waals surface area (Å²) in [6.45, 7) is 5.84. The van der Waals surface area contributed by atoms with E-state index in [1.165, 1.54) is 6.20 Å². The highest BCUT2D eigenvalue weighted by atomic mass is 16.6. The van der Waals surface area contributed by atoms with E-state index < -0.39 is 11.7 Å². The van der Waals surface area contributed by atoms with Gasteiger partial charge in [0, 0.05) is 24.7 Å². The Bertz CT molecular complexity index is 519. The predicted molar refractivity (Wildman–Crippen MR) is 75.4 cm³/mol. The molecule has 1 aromatic rings. The quantitative estimate of drug-likeness (QED) is 0.521. The van der Waals surface area contributed by atoms with E-state index in [4.69, 9.17) is 4.74 Å². The molecule has 0 aromatic carbocycles. The molecule has 0 aliphatic carbocycles. The van der Waals surface area contributed by atoms with Gasteiger partial charge in [-0.2, -0.15) is 0 Å². The van der Waals surface area contributed by atoms with Crippen molar-refractivity contribution in [3.05, 3.63) is 29.6 Å². The number of carbonyl (C=O) groups is 2. The van der Waals surface area contributed by atoms with E-state index in [-0.39, 0.29) is 0 Å². The second-order valence-corrected chi connectivity index (χ2v) is 5.07. The van der Waals surface area contributed by atoms with Gasteiger partial charge in [-0.05, 0) is 32.9 Å². The van der Waals surface area contributed by atoms with Crippen LogP contribution in [0.2, 0.25) is 0 Å². The molecule has 106 valence electrons. The molecule has 0 spiro atoms. The van der Waals surface area contributed by atoms with Gasteiger partial charge in [-0.1, -0.05) is 11.8 Å².